The Morgan fingerprint density at radius 3 is 2.15 bits per heavy atom. The van der Waals surface area contributed by atoms with Gasteiger partial charge in [-0.1, -0.05) is 123 Å². The molecule has 3 fully saturated rings. The molecule has 3 N–H and O–H groups in total. The molecule has 2 spiro atoms. The molecule has 2 bridgehead atoms. The Labute approximate surface area is 309 Å². The van der Waals surface area contributed by atoms with Gasteiger partial charge in [0.15, 0.2) is 5.78 Å². The number of ketones is 1. The highest BCUT2D eigenvalue weighted by Gasteiger charge is 2.74. The summed E-state index contributed by atoms with van der Waals surface area (Å²) < 4.78 is 5.95. The van der Waals surface area contributed by atoms with Crippen molar-refractivity contribution in [2.45, 2.75) is 89.8 Å². The summed E-state index contributed by atoms with van der Waals surface area (Å²) in [5, 5.41) is 35.4. The summed E-state index contributed by atoms with van der Waals surface area (Å²) in [6, 6.07) is 30.0. The van der Waals surface area contributed by atoms with Gasteiger partial charge in [-0.3, -0.25) is 9.69 Å². The normalized spacial score (nSPS) is 36.5. The molecule has 9 rings (SSSR count). The van der Waals surface area contributed by atoms with Gasteiger partial charge in [0.1, 0.15) is 0 Å². The van der Waals surface area contributed by atoms with Crippen molar-refractivity contribution in [1.82, 2.24) is 4.90 Å². The van der Waals surface area contributed by atoms with E-state index in [2.05, 4.69) is 49.1 Å². The molecule has 0 aromatic heterocycles. The zero-order chi connectivity index (χ0) is 36.2. The van der Waals surface area contributed by atoms with Gasteiger partial charge in [0, 0.05) is 47.0 Å². The maximum atomic E-state index is 14.8. The molecule has 6 aliphatic rings. The Kier molecular flexibility index (Phi) is 9.23. The number of allylic oxidation sites excluding steroid dienone is 4. The van der Waals surface area contributed by atoms with Crippen molar-refractivity contribution in [3.05, 3.63) is 131 Å². The number of ether oxygens (including phenoxy) is 1. The molecule has 274 valence electrons. The Bertz CT molecular complexity index is 1810. The van der Waals surface area contributed by atoms with Crippen LogP contribution < -0.4 is 0 Å². The molecule has 0 radical (unpaired) electrons. The van der Waals surface area contributed by atoms with Crippen LogP contribution in [-0.4, -0.2) is 63.5 Å². The van der Waals surface area contributed by atoms with Crippen LogP contribution in [0.3, 0.4) is 0 Å². The Balaban J connectivity index is 1.11. The van der Waals surface area contributed by atoms with Crippen LogP contribution in [0, 0.1) is 33.5 Å². The van der Waals surface area contributed by atoms with Gasteiger partial charge < -0.3 is 20.1 Å². The number of hydrogen-bond acceptors (Lipinski definition) is 6. The monoisotopic (exact) mass is 701 g/mol. The highest BCUT2D eigenvalue weighted by Crippen LogP contribution is 2.78. The Hall–Kier alpha value is -3.39. The number of carbonyl (C=O) groups excluding carboxylic acids is 1. The van der Waals surface area contributed by atoms with Crippen LogP contribution in [0.25, 0.3) is 0 Å². The van der Waals surface area contributed by atoms with E-state index in [1.807, 2.05) is 78.9 Å². The van der Waals surface area contributed by atoms with Gasteiger partial charge in [0.25, 0.3) is 0 Å². The van der Waals surface area contributed by atoms with E-state index < -0.39 is 22.5 Å². The average Bonchev–Trinajstić information content (AvgIpc) is 3.42. The van der Waals surface area contributed by atoms with Crippen molar-refractivity contribution in [1.29, 1.82) is 0 Å². The minimum atomic E-state index is -1.03. The molecule has 0 aliphatic heterocycles. The summed E-state index contributed by atoms with van der Waals surface area (Å²) in [6.45, 7) is 6.77. The SMILES string of the molecule is CC12CCC(O)CC13C=CC1(C(C(=O)c4ccccc4)=C3)C2CCC2(C)C1CCC2(O)CN(Cc1ccccc1)CC(O)COCc1ccccc1. The lowest BCUT2D eigenvalue weighted by atomic mass is 9.32. The van der Waals surface area contributed by atoms with Gasteiger partial charge in [0.2, 0.25) is 0 Å². The predicted octanol–water partition coefficient (Wildman–Crippen LogP) is 7.54. The molecule has 3 saturated carbocycles. The number of aliphatic hydroxyl groups excluding tert-OH is 2. The number of carbonyl (C=O) groups is 1. The van der Waals surface area contributed by atoms with E-state index in [-0.39, 0.29) is 41.2 Å². The smallest absolute Gasteiger partial charge is 0.189 e. The fourth-order valence-corrected chi connectivity index (χ4v) is 12.0. The van der Waals surface area contributed by atoms with E-state index in [0.717, 1.165) is 48.8 Å². The van der Waals surface area contributed by atoms with Crippen LogP contribution in [0.4, 0.5) is 0 Å². The first kappa shape index (κ1) is 35.6. The van der Waals surface area contributed by atoms with E-state index in [1.54, 1.807) is 0 Å². The number of hydrogen-bond donors (Lipinski definition) is 3. The van der Waals surface area contributed by atoms with Crippen molar-refractivity contribution in [3.8, 4) is 0 Å². The van der Waals surface area contributed by atoms with Gasteiger partial charge >= 0.3 is 0 Å². The lowest BCUT2D eigenvalue weighted by Gasteiger charge is -2.71. The number of benzene rings is 3. The minimum absolute atomic E-state index is 0.0681. The molecule has 0 heterocycles. The standard InChI is InChI=1S/C46H55NO5/c1-42-21-18-36(48)26-44(42)24-25-46(38(27-44)41(50)35-16-10-5-11-17-35)39(42)19-22-43(2)40(46)20-23-45(43,51)32-47(28-33-12-6-3-7-13-33)29-37(49)31-52-30-34-14-8-4-9-15-34/h3-17,24-25,27,36-37,39-40,48-49,51H,18-23,26,28-32H2,1-2H3. The second-order valence-corrected chi connectivity index (χ2v) is 17.3. The predicted molar refractivity (Wildman–Crippen MR) is 203 cm³/mol. The molecule has 52 heavy (non-hydrogen) atoms. The number of fused-ring (bicyclic) bond motifs is 1. The van der Waals surface area contributed by atoms with Crippen LogP contribution in [0.2, 0.25) is 0 Å². The topological polar surface area (TPSA) is 90.2 Å². The van der Waals surface area contributed by atoms with Crippen molar-refractivity contribution in [3.63, 3.8) is 0 Å². The summed E-state index contributed by atoms with van der Waals surface area (Å²) in [5.74, 6) is 0.397. The highest BCUT2D eigenvalue weighted by molar-refractivity contribution is 6.10. The molecule has 6 nitrogen and oxygen atoms in total. The van der Waals surface area contributed by atoms with Crippen LogP contribution in [-0.2, 0) is 17.9 Å². The maximum Gasteiger partial charge on any atom is 0.189 e. The van der Waals surface area contributed by atoms with Crippen molar-refractivity contribution < 1.29 is 24.9 Å². The summed E-state index contributed by atoms with van der Waals surface area (Å²) in [4.78, 5) is 17.0. The van der Waals surface area contributed by atoms with E-state index >= 15 is 0 Å². The average molecular weight is 702 g/mol. The van der Waals surface area contributed by atoms with E-state index in [9.17, 15) is 20.1 Å². The first-order valence-corrected chi connectivity index (χ1v) is 19.5. The lowest BCUT2D eigenvalue weighted by molar-refractivity contribution is -0.177. The summed E-state index contributed by atoms with van der Waals surface area (Å²) >= 11 is 0. The molecular formula is C46H55NO5. The second-order valence-electron chi connectivity index (χ2n) is 17.3. The molecule has 0 saturated heterocycles. The quantitative estimate of drug-likeness (QED) is 0.134. The first-order chi connectivity index (χ1) is 25.0. The number of Topliss-reactive ketones (excluding diaryl/α,β-unsaturated/α-hetero) is 1. The van der Waals surface area contributed by atoms with Crippen LogP contribution in [0.15, 0.2) is 115 Å². The molecule has 9 atom stereocenters. The van der Waals surface area contributed by atoms with Gasteiger partial charge in [0.05, 0.1) is 31.0 Å². The van der Waals surface area contributed by atoms with Gasteiger partial charge in [-0.15, -0.1) is 0 Å². The fraction of sp³-hybridized carbons (Fsp3) is 0.500. The van der Waals surface area contributed by atoms with Crippen molar-refractivity contribution >= 4 is 5.78 Å². The van der Waals surface area contributed by atoms with E-state index in [0.29, 0.717) is 44.6 Å². The number of rotatable bonds is 12. The third kappa shape index (κ3) is 5.68. The summed E-state index contributed by atoms with van der Waals surface area (Å²) in [5.41, 5.74) is 1.36. The zero-order valence-corrected chi connectivity index (χ0v) is 30.8. The van der Waals surface area contributed by atoms with Crippen molar-refractivity contribution in [2.75, 3.05) is 19.7 Å². The lowest BCUT2D eigenvalue weighted by Crippen LogP contribution is -2.67. The number of nitrogens with zero attached hydrogens (tertiary/aromatic N) is 1. The largest absolute Gasteiger partial charge is 0.393 e. The van der Waals surface area contributed by atoms with E-state index in [1.165, 1.54) is 0 Å². The van der Waals surface area contributed by atoms with Gasteiger partial charge in [-0.05, 0) is 73.3 Å². The van der Waals surface area contributed by atoms with Gasteiger partial charge in [-0.2, -0.15) is 0 Å². The third-order valence-corrected chi connectivity index (χ3v) is 14.6. The molecule has 3 aromatic rings. The summed E-state index contributed by atoms with van der Waals surface area (Å²) in [7, 11) is 0. The molecule has 0 amide bonds. The zero-order valence-electron chi connectivity index (χ0n) is 30.8. The Morgan fingerprint density at radius 2 is 1.44 bits per heavy atom. The van der Waals surface area contributed by atoms with E-state index in [4.69, 9.17) is 4.74 Å². The molecule has 3 aromatic carbocycles. The first-order valence-electron chi connectivity index (χ1n) is 19.5. The third-order valence-electron chi connectivity index (χ3n) is 14.6. The molecule has 9 unspecified atom stereocenters. The molecule has 6 aliphatic carbocycles. The minimum Gasteiger partial charge on any atom is -0.393 e. The highest BCUT2D eigenvalue weighted by atomic mass is 16.5. The second kappa shape index (κ2) is 13.5. The number of aliphatic hydroxyl groups is 3. The molecule has 6 heteroatoms. The maximum absolute atomic E-state index is 14.8. The summed E-state index contributed by atoms with van der Waals surface area (Å²) in [6.07, 6.45) is 11.5. The van der Waals surface area contributed by atoms with Gasteiger partial charge in [-0.25, -0.2) is 0 Å². The van der Waals surface area contributed by atoms with Crippen LogP contribution in [0.5, 0.6) is 0 Å². The molecular weight excluding hydrogens is 647 g/mol. The van der Waals surface area contributed by atoms with Crippen molar-refractivity contribution in [2.24, 2.45) is 33.5 Å². The van der Waals surface area contributed by atoms with Crippen LogP contribution in [0.1, 0.15) is 80.3 Å². The fourth-order valence-electron chi connectivity index (χ4n) is 12.0. The van der Waals surface area contributed by atoms with Crippen LogP contribution >= 0.6 is 0 Å². The Morgan fingerprint density at radius 1 is 0.827 bits per heavy atom.